The zero-order valence-corrected chi connectivity index (χ0v) is 28.2. The number of methoxy groups -OCH3 is 2. The second-order valence-corrected chi connectivity index (χ2v) is 12.7. The van der Waals surface area contributed by atoms with Crippen LogP contribution < -0.4 is 14.8 Å². The predicted molar refractivity (Wildman–Crippen MR) is 175 cm³/mol. The van der Waals surface area contributed by atoms with Crippen molar-refractivity contribution >= 4 is 5.91 Å². The van der Waals surface area contributed by atoms with Gasteiger partial charge in [0, 0.05) is 37.7 Å². The van der Waals surface area contributed by atoms with Gasteiger partial charge in [-0.1, -0.05) is 55.5 Å². The molecule has 4 atom stereocenters. The number of aliphatic hydroxyl groups is 1. The maximum absolute atomic E-state index is 14.1. The lowest BCUT2D eigenvalue weighted by molar-refractivity contribution is -0.276. The first-order valence-electron chi connectivity index (χ1n) is 16.4. The van der Waals surface area contributed by atoms with Crippen molar-refractivity contribution in [1.82, 2.24) is 10.2 Å². The van der Waals surface area contributed by atoms with Crippen molar-refractivity contribution in [2.75, 3.05) is 27.3 Å². The van der Waals surface area contributed by atoms with E-state index in [1.54, 1.807) is 38.5 Å². The van der Waals surface area contributed by atoms with Gasteiger partial charge in [0.05, 0.1) is 33.0 Å². The van der Waals surface area contributed by atoms with E-state index in [0.717, 1.165) is 29.7 Å². The number of nitrogens with zero attached hydrogens (tertiary/aromatic N) is 1. The second-order valence-electron chi connectivity index (χ2n) is 12.7. The zero-order valence-electron chi connectivity index (χ0n) is 28.2. The van der Waals surface area contributed by atoms with E-state index in [1.807, 2.05) is 36.4 Å². The molecule has 0 unspecified atom stereocenters. The summed E-state index contributed by atoms with van der Waals surface area (Å²) in [4.78, 5) is 14.8. The largest absolute Gasteiger partial charge is 0.493 e. The molecular weight excluding hydrogens is 675 g/mol. The van der Waals surface area contributed by atoms with Crippen molar-refractivity contribution in [3.05, 3.63) is 129 Å². The lowest BCUT2D eigenvalue weighted by Gasteiger charge is -2.43. The molecule has 4 aromatic carbocycles. The molecule has 0 spiro atoms. The van der Waals surface area contributed by atoms with Crippen LogP contribution in [0.1, 0.15) is 63.1 Å². The maximum atomic E-state index is 14.1. The van der Waals surface area contributed by atoms with Crippen molar-refractivity contribution < 1.29 is 50.8 Å². The number of amides is 1. The molecule has 0 bridgehead atoms. The first kappa shape index (κ1) is 36.2. The average Bonchev–Trinajstić information content (AvgIpc) is 3.16. The molecule has 2 aliphatic rings. The van der Waals surface area contributed by atoms with Crippen LogP contribution in [0.2, 0.25) is 0 Å². The summed E-state index contributed by atoms with van der Waals surface area (Å²) in [5, 5.41) is 11.8. The number of halogens is 5. The Balaban J connectivity index is 1.19. The molecule has 8 nitrogen and oxygen atoms in total. The molecule has 1 amide bonds. The Morgan fingerprint density at radius 1 is 0.824 bits per heavy atom. The molecule has 0 aromatic heterocycles. The minimum absolute atomic E-state index is 0.0653. The van der Waals surface area contributed by atoms with Gasteiger partial charge in [-0.2, -0.15) is 0 Å². The Labute approximate surface area is 291 Å². The Kier molecular flexibility index (Phi) is 10.9. The van der Waals surface area contributed by atoms with E-state index in [9.17, 15) is 31.9 Å². The molecule has 0 saturated carbocycles. The first-order valence-corrected chi connectivity index (χ1v) is 16.4. The Morgan fingerprint density at radius 2 is 1.39 bits per heavy atom. The molecule has 2 heterocycles. The Hall–Kier alpha value is -4.56. The number of hydrogen-bond donors (Lipinski definition) is 2. The summed E-state index contributed by atoms with van der Waals surface area (Å²) >= 11 is 0. The molecule has 13 heteroatoms. The summed E-state index contributed by atoms with van der Waals surface area (Å²) < 4.78 is 93.1. The Morgan fingerprint density at radius 3 is 2.00 bits per heavy atom. The standard InChI is InChI=1S/C38H37F5N2O6/c1-20-29(18-45-13-12-25-14-27(48-2)28(49-3)15-26(25)17-45)50-38(51-36(20)23-8-6-22(19-46)7-9-23)24-10-4-21(5-11-24)16-44-37(47)30-31(39)33(41)35(43)34(42)32(30)40/h4-11,14-15,20,29,36,38,46H,12-13,16-19H2,1-3H3,(H,44,47)/t20-,29+,36+,38+/m1/s1. The van der Waals surface area contributed by atoms with Gasteiger partial charge in [0.1, 0.15) is 5.56 Å². The van der Waals surface area contributed by atoms with Crippen molar-refractivity contribution in [3.8, 4) is 11.5 Å². The van der Waals surface area contributed by atoms with Crippen LogP contribution in [-0.4, -0.2) is 49.3 Å². The summed E-state index contributed by atoms with van der Waals surface area (Å²) in [5.74, 6) is -11.3. The van der Waals surface area contributed by atoms with Gasteiger partial charge in [-0.05, 0) is 46.4 Å². The first-order chi connectivity index (χ1) is 24.5. The van der Waals surface area contributed by atoms with Crippen LogP contribution in [0, 0.1) is 35.0 Å². The number of nitrogens with one attached hydrogen (secondary N) is 1. The highest BCUT2D eigenvalue weighted by Gasteiger charge is 2.39. The van der Waals surface area contributed by atoms with Gasteiger partial charge in [-0.3, -0.25) is 9.69 Å². The molecule has 4 aromatic rings. The van der Waals surface area contributed by atoms with Gasteiger partial charge < -0.3 is 29.4 Å². The van der Waals surface area contributed by atoms with Crippen LogP contribution in [-0.2, 0) is 35.6 Å². The van der Waals surface area contributed by atoms with Gasteiger partial charge in [0.15, 0.2) is 41.1 Å². The van der Waals surface area contributed by atoms with Crippen molar-refractivity contribution in [3.63, 3.8) is 0 Å². The van der Waals surface area contributed by atoms with Gasteiger partial charge >= 0.3 is 0 Å². The number of benzene rings is 4. The molecule has 0 radical (unpaired) electrons. The summed E-state index contributed by atoms with van der Waals surface area (Å²) in [6.07, 6.45) is -0.575. The van der Waals surface area contributed by atoms with E-state index in [0.29, 0.717) is 35.7 Å². The number of hydrogen-bond acceptors (Lipinski definition) is 7. The van der Waals surface area contributed by atoms with Crippen LogP contribution >= 0.6 is 0 Å². The number of fused-ring (bicyclic) bond motifs is 1. The van der Waals surface area contributed by atoms with Gasteiger partial charge in [0.25, 0.3) is 5.91 Å². The fourth-order valence-corrected chi connectivity index (χ4v) is 6.55. The molecule has 6 rings (SSSR count). The van der Waals surface area contributed by atoms with E-state index in [2.05, 4.69) is 17.1 Å². The molecule has 1 fully saturated rings. The number of carbonyl (C=O) groups is 1. The summed E-state index contributed by atoms with van der Waals surface area (Å²) in [6, 6.07) is 18.3. The number of ether oxygens (including phenoxy) is 4. The molecule has 2 N–H and O–H groups in total. The Bertz CT molecular complexity index is 1860. The third kappa shape index (κ3) is 7.43. The molecule has 270 valence electrons. The van der Waals surface area contributed by atoms with Crippen molar-refractivity contribution in [2.24, 2.45) is 5.92 Å². The summed E-state index contributed by atoms with van der Waals surface area (Å²) in [6.45, 7) is 3.85. The lowest BCUT2D eigenvalue weighted by Crippen LogP contribution is -2.45. The highest BCUT2D eigenvalue weighted by atomic mass is 19.2. The maximum Gasteiger partial charge on any atom is 0.257 e. The van der Waals surface area contributed by atoms with Gasteiger partial charge in [-0.25, -0.2) is 22.0 Å². The number of rotatable bonds is 10. The van der Waals surface area contributed by atoms with Crippen LogP contribution in [0.4, 0.5) is 22.0 Å². The fraction of sp³-hybridized carbons (Fsp3) is 0.342. The van der Waals surface area contributed by atoms with Crippen LogP contribution in [0.3, 0.4) is 0 Å². The molecule has 1 saturated heterocycles. The van der Waals surface area contributed by atoms with E-state index in [1.165, 1.54) is 5.56 Å². The van der Waals surface area contributed by atoms with Crippen LogP contribution in [0.15, 0.2) is 60.7 Å². The van der Waals surface area contributed by atoms with Gasteiger partial charge in [-0.15, -0.1) is 0 Å². The normalized spacial score (nSPS) is 20.5. The average molecular weight is 713 g/mol. The van der Waals surface area contributed by atoms with E-state index >= 15 is 0 Å². The van der Waals surface area contributed by atoms with E-state index in [4.69, 9.17) is 18.9 Å². The van der Waals surface area contributed by atoms with Crippen LogP contribution in [0.25, 0.3) is 0 Å². The quantitative estimate of drug-likeness (QED) is 0.108. The highest BCUT2D eigenvalue weighted by molar-refractivity contribution is 5.94. The summed E-state index contributed by atoms with van der Waals surface area (Å²) in [5.41, 5.74) is 3.65. The van der Waals surface area contributed by atoms with E-state index < -0.39 is 46.8 Å². The number of carbonyl (C=O) groups excluding carboxylic acids is 1. The minimum Gasteiger partial charge on any atom is -0.493 e. The third-order valence-electron chi connectivity index (χ3n) is 9.50. The summed E-state index contributed by atoms with van der Waals surface area (Å²) in [7, 11) is 3.23. The smallest absolute Gasteiger partial charge is 0.257 e. The minimum atomic E-state index is -2.34. The monoisotopic (exact) mass is 712 g/mol. The number of aliphatic hydroxyl groups excluding tert-OH is 1. The highest BCUT2D eigenvalue weighted by Crippen LogP contribution is 2.42. The van der Waals surface area contributed by atoms with E-state index in [-0.39, 0.29) is 31.3 Å². The van der Waals surface area contributed by atoms with Crippen molar-refractivity contribution in [2.45, 2.75) is 51.5 Å². The SMILES string of the molecule is COc1cc2c(cc1OC)CN(C[C@@H]1O[C@H](c3ccc(CNC(=O)c4c(F)c(F)c(F)c(F)c4F)cc3)O[C@H](c3ccc(CO)cc3)[C@@H]1C)CC2. The third-order valence-corrected chi connectivity index (χ3v) is 9.50. The topological polar surface area (TPSA) is 89.5 Å². The lowest BCUT2D eigenvalue weighted by atomic mass is 9.89. The van der Waals surface area contributed by atoms with Crippen molar-refractivity contribution in [1.29, 1.82) is 0 Å². The molecular formula is C38H37F5N2O6. The molecule has 0 aliphatic carbocycles. The molecule has 51 heavy (non-hydrogen) atoms. The zero-order chi connectivity index (χ0) is 36.4. The van der Waals surface area contributed by atoms with Gasteiger partial charge in [0.2, 0.25) is 5.82 Å². The van der Waals surface area contributed by atoms with Crippen LogP contribution in [0.5, 0.6) is 11.5 Å². The second kappa shape index (κ2) is 15.4. The predicted octanol–water partition coefficient (Wildman–Crippen LogP) is 6.67. The fourth-order valence-electron chi connectivity index (χ4n) is 6.55. The molecule has 2 aliphatic heterocycles.